The molecule has 27 heavy (non-hydrogen) atoms. The molecule has 0 aromatic heterocycles. The van der Waals surface area contributed by atoms with Crippen LogP contribution in [0.3, 0.4) is 0 Å². The number of hydrogen-bond donors (Lipinski definition) is 2. The first-order valence-corrected chi connectivity index (χ1v) is 9.22. The number of halogens is 2. The van der Waals surface area contributed by atoms with Crippen molar-refractivity contribution < 1.29 is 19.8 Å². The van der Waals surface area contributed by atoms with Gasteiger partial charge in [-0.05, 0) is 37.1 Å². The van der Waals surface area contributed by atoms with Gasteiger partial charge in [0.05, 0.1) is 10.0 Å². The normalized spacial score (nSPS) is 18.7. The summed E-state index contributed by atoms with van der Waals surface area (Å²) in [5.41, 5.74) is 0.0453. The van der Waals surface area contributed by atoms with Crippen molar-refractivity contribution in [2.24, 2.45) is 0 Å². The summed E-state index contributed by atoms with van der Waals surface area (Å²) >= 11 is 11.8. The fourth-order valence-corrected chi connectivity index (χ4v) is 4.26. The van der Waals surface area contributed by atoms with Crippen molar-refractivity contribution in [3.8, 4) is 11.5 Å². The van der Waals surface area contributed by atoms with Crippen LogP contribution in [0.25, 0.3) is 0 Å². The summed E-state index contributed by atoms with van der Waals surface area (Å²) in [6.07, 6.45) is 1.44. The third-order valence-corrected chi connectivity index (χ3v) is 5.82. The minimum absolute atomic E-state index is 0.135. The standard InChI is InChI=1S/C19H16Cl2N2O4/c20-13-3-1-11(9-15(13)24)22-17(26)5-7-19(22)8-6-18(27)23(19)12-2-4-14(21)16(25)10-12/h1-4,9-10,24-25H,5-8H2. The van der Waals surface area contributed by atoms with Gasteiger partial charge in [0.25, 0.3) is 0 Å². The number of anilines is 2. The van der Waals surface area contributed by atoms with Crippen LogP contribution in [0.4, 0.5) is 11.4 Å². The monoisotopic (exact) mass is 406 g/mol. The Morgan fingerprint density at radius 2 is 1.19 bits per heavy atom. The zero-order valence-corrected chi connectivity index (χ0v) is 15.7. The van der Waals surface area contributed by atoms with Gasteiger partial charge in [0, 0.05) is 36.3 Å². The third kappa shape index (κ3) is 2.71. The summed E-state index contributed by atoms with van der Waals surface area (Å²) in [5, 5.41) is 20.3. The predicted molar refractivity (Wildman–Crippen MR) is 102 cm³/mol. The second-order valence-corrected chi connectivity index (χ2v) is 7.53. The van der Waals surface area contributed by atoms with Crippen molar-refractivity contribution in [3.05, 3.63) is 46.4 Å². The number of benzene rings is 2. The highest BCUT2D eigenvalue weighted by atomic mass is 35.5. The zero-order valence-electron chi connectivity index (χ0n) is 14.2. The molecule has 0 aliphatic carbocycles. The molecule has 2 saturated heterocycles. The molecule has 2 aromatic rings. The van der Waals surface area contributed by atoms with E-state index >= 15 is 0 Å². The first-order valence-electron chi connectivity index (χ1n) is 8.47. The summed E-state index contributed by atoms with van der Waals surface area (Å²) in [6, 6.07) is 9.17. The zero-order chi connectivity index (χ0) is 19.3. The van der Waals surface area contributed by atoms with Crippen molar-refractivity contribution in [2.75, 3.05) is 9.80 Å². The van der Waals surface area contributed by atoms with E-state index in [1.807, 2.05) is 0 Å². The number of rotatable bonds is 2. The summed E-state index contributed by atoms with van der Waals surface area (Å²) in [7, 11) is 0. The summed E-state index contributed by atoms with van der Waals surface area (Å²) in [6.45, 7) is 0. The van der Waals surface area contributed by atoms with Crippen LogP contribution < -0.4 is 9.80 Å². The smallest absolute Gasteiger partial charge is 0.229 e. The van der Waals surface area contributed by atoms with E-state index in [0.29, 0.717) is 24.2 Å². The Kier molecular flexibility index (Phi) is 4.20. The van der Waals surface area contributed by atoms with E-state index in [2.05, 4.69) is 0 Å². The Hall–Kier alpha value is -2.44. The van der Waals surface area contributed by atoms with Crippen molar-refractivity contribution in [2.45, 2.75) is 31.3 Å². The molecule has 2 N–H and O–H groups in total. The molecule has 8 heteroatoms. The molecule has 1 spiro atoms. The van der Waals surface area contributed by atoms with Crippen LogP contribution >= 0.6 is 23.2 Å². The highest BCUT2D eigenvalue weighted by Crippen LogP contribution is 2.48. The number of hydrogen-bond acceptors (Lipinski definition) is 4. The van der Waals surface area contributed by atoms with Crippen molar-refractivity contribution in [1.29, 1.82) is 0 Å². The van der Waals surface area contributed by atoms with Crippen LogP contribution in [0.15, 0.2) is 36.4 Å². The van der Waals surface area contributed by atoms with E-state index in [1.165, 1.54) is 24.3 Å². The number of carbonyl (C=O) groups excluding carboxylic acids is 2. The predicted octanol–water partition coefficient (Wildman–Crippen LogP) is 4.05. The quantitative estimate of drug-likeness (QED) is 0.787. The number of carbonyl (C=O) groups is 2. The van der Waals surface area contributed by atoms with Gasteiger partial charge in [-0.3, -0.25) is 19.4 Å². The lowest BCUT2D eigenvalue weighted by atomic mass is 10.0. The largest absolute Gasteiger partial charge is 0.506 e. The summed E-state index contributed by atoms with van der Waals surface area (Å²) < 4.78 is 0. The molecule has 4 rings (SSSR count). The van der Waals surface area contributed by atoms with Crippen LogP contribution in [0.2, 0.25) is 10.0 Å². The van der Waals surface area contributed by atoms with Gasteiger partial charge >= 0.3 is 0 Å². The summed E-state index contributed by atoms with van der Waals surface area (Å²) in [4.78, 5) is 28.6. The Morgan fingerprint density at radius 3 is 1.56 bits per heavy atom. The number of aromatic hydroxyl groups is 2. The lowest BCUT2D eigenvalue weighted by Crippen LogP contribution is -2.56. The molecular formula is C19H16Cl2N2O4. The van der Waals surface area contributed by atoms with Gasteiger partial charge in [-0.2, -0.15) is 0 Å². The van der Waals surface area contributed by atoms with E-state index in [4.69, 9.17) is 23.2 Å². The molecular weight excluding hydrogens is 391 g/mol. The van der Waals surface area contributed by atoms with Crippen LogP contribution in [-0.4, -0.2) is 27.7 Å². The fourth-order valence-electron chi connectivity index (χ4n) is 4.02. The van der Waals surface area contributed by atoms with Crippen LogP contribution in [-0.2, 0) is 9.59 Å². The maximum atomic E-state index is 12.7. The van der Waals surface area contributed by atoms with E-state index in [9.17, 15) is 19.8 Å². The fraction of sp³-hybridized carbons (Fsp3) is 0.263. The van der Waals surface area contributed by atoms with Gasteiger partial charge in [0.15, 0.2) is 0 Å². The molecule has 2 aromatic carbocycles. The van der Waals surface area contributed by atoms with Gasteiger partial charge in [0.2, 0.25) is 11.8 Å². The van der Waals surface area contributed by atoms with Crippen molar-refractivity contribution >= 4 is 46.4 Å². The molecule has 0 radical (unpaired) electrons. The second kappa shape index (κ2) is 6.32. The molecule has 2 fully saturated rings. The average molecular weight is 407 g/mol. The highest BCUT2D eigenvalue weighted by molar-refractivity contribution is 6.32. The molecule has 2 aliphatic heterocycles. The van der Waals surface area contributed by atoms with E-state index in [0.717, 1.165) is 0 Å². The van der Waals surface area contributed by atoms with Gasteiger partial charge in [-0.15, -0.1) is 0 Å². The Bertz CT molecular complexity index is 885. The van der Waals surface area contributed by atoms with E-state index < -0.39 is 5.66 Å². The third-order valence-electron chi connectivity index (χ3n) is 5.19. The van der Waals surface area contributed by atoms with Gasteiger partial charge in [-0.1, -0.05) is 23.2 Å². The molecule has 140 valence electrons. The van der Waals surface area contributed by atoms with Crippen LogP contribution in [0.1, 0.15) is 25.7 Å². The molecule has 0 bridgehead atoms. The van der Waals surface area contributed by atoms with Gasteiger partial charge < -0.3 is 10.2 Å². The number of phenolic OH excluding ortho intramolecular Hbond substituents is 2. The molecule has 0 saturated carbocycles. The first kappa shape index (κ1) is 17.9. The minimum Gasteiger partial charge on any atom is -0.506 e. The molecule has 6 nitrogen and oxygen atoms in total. The second-order valence-electron chi connectivity index (χ2n) is 6.71. The molecule has 0 atom stereocenters. The first-order chi connectivity index (χ1) is 12.8. The topological polar surface area (TPSA) is 81.1 Å². The lowest BCUT2D eigenvalue weighted by molar-refractivity contribution is -0.117. The SMILES string of the molecule is O=C1CCC2(CCC(=O)N2c2ccc(Cl)c(O)c2)N1c1ccc(Cl)c(O)c1. The Labute approximate surface area is 165 Å². The minimum atomic E-state index is -0.894. The maximum Gasteiger partial charge on any atom is 0.229 e. The Morgan fingerprint density at radius 1 is 0.778 bits per heavy atom. The van der Waals surface area contributed by atoms with Crippen molar-refractivity contribution in [1.82, 2.24) is 0 Å². The average Bonchev–Trinajstić information content (AvgIpc) is 3.13. The highest BCUT2D eigenvalue weighted by Gasteiger charge is 2.56. The van der Waals surface area contributed by atoms with Crippen LogP contribution in [0.5, 0.6) is 11.5 Å². The summed E-state index contributed by atoms with van der Waals surface area (Å²) in [5.74, 6) is -0.558. The lowest BCUT2D eigenvalue weighted by Gasteiger charge is -2.42. The molecule has 2 amide bonds. The molecule has 0 unspecified atom stereocenters. The number of phenols is 2. The molecule has 2 aliphatic rings. The van der Waals surface area contributed by atoms with Crippen LogP contribution in [0, 0.1) is 0 Å². The molecule has 2 heterocycles. The van der Waals surface area contributed by atoms with Gasteiger partial charge in [-0.25, -0.2) is 0 Å². The number of amides is 2. The van der Waals surface area contributed by atoms with Gasteiger partial charge in [0.1, 0.15) is 17.2 Å². The number of nitrogens with zero attached hydrogens (tertiary/aromatic N) is 2. The Balaban J connectivity index is 1.84. The van der Waals surface area contributed by atoms with E-state index in [1.54, 1.807) is 21.9 Å². The van der Waals surface area contributed by atoms with E-state index in [-0.39, 0.29) is 46.2 Å². The van der Waals surface area contributed by atoms with Crippen molar-refractivity contribution in [3.63, 3.8) is 0 Å². The maximum absolute atomic E-state index is 12.7.